The van der Waals surface area contributed by atoms with Crippen LogP contribution in [0.1, 0.15) is 32.4 Å². The Hall–Kier alpha value is -1.13. The molecule has 2 unspecified atom stereocenters. The molecule has 2 rings (SSSR count). The van der Waals surface area contributed by atoms with Crippen LogP contribution in [0.25, 0.3) is 0 Å². The van der Waals surface area contributed by atoms with Crippen molar-refractivity contribution >= 4 is 5.69 Å². The van der Waals surface area contributed by atoms with Crippen LogP contribution >= 0.6 is 0 Å². The van der Waals surface area contributed by atoms with Gasteiger partial charge in [0.05, 0.1) is 0 Å². The number of nitrogens with two attached hydrogens (primary N) is 1. The summed E-state index contributed by atoms with van der Waals surface area (Å²) in [5.74, 6) is -0.202. The molecular formula is C15H24FN3. The van der Waals surface area contributed by atoms with Gasteiger partial charge in [0.15, 0.2) is 0 Å². The monoisotopic (exact) mass is 265 g/mol. The third-order valence-corrected chi connectivity index (χ3v) is 4.19. The van der Waals surface area contributed by atoms with E-state index < -0.39 is 0 Å². The maximum atomic E-state index is 14.0. The van der Waals surface area contributed by atoms with Crippen molar-refractivity contribution in [1.29, 1.82) is 0 Å². The zero-order chi connectivity index (χ0) is 14.2. The summed E-state index contributed by atoms with van der Waals surface area (Å²) in [5.41, 5.74) is 7.52. The van der Waals surface area contributed by atoms with Gasteiger partial charge in [0.25, 0.3) is 0 Å². The van der Waals surface area contributed by atoms with Gasteiger partial charge in [0.1, 0.15) is 5.82 Å². The van der Waals surface area contributed by atoms with Crippen molar-refractivity contribution < 1.29 is 4.39 Å². The van der Waals surface area contributed by atoms with E-state index in [9.17, 15) is 4.39 Å². The van der Waals surface area contributed by atoms with E-state index in [1.807, 2.05) is 13.0 Å². The van der Waals surface area contributed by atoms with Crippen LogP contribution < -0.4 is 10.6 Å². The Morgan fingerprint density at radius 3 is 2.37 bits per heavy atom. The first-order chi connectivity index (χ1) is 8.91. The fraction of sp³-hybridized carbons (Fsp3) is 0.600. The van der Waals surface area contributed by atoms with E-state index >= 15 is 0 Å². The van der Waals surface area contributed by atoms with E-state index in [2.05, 4.69) is 30.7 Å². The molecule has 3 nitrogen and oxygen atoms in total. The second kappa shape index (κ2) is 5.47. The van der Waals surface area contributed by atoms with Gasteiger partial charge < -0.3 is 10.6 Å². The highest BCUT2D eigenvalue weighted by molar-refractivity contribution is 5.56. The number of rotatable bonds is 2. The Morgan fingerprint density at radius 1 is 1.26 bits per heavy atom. The first-order valence-corrected chi connectivity index (χ1v) is 6.92. The standard InChI is InChI=1S/C15H24FN3/c1-10-8-19(9-11(2)18(10)4)14-7-5-6-13(16)15(14)12(3)17/h5-7,10-12H,8-9,17H2,1-4H3/t10?,11?,12-/m1/s1. The number of hydrogen-bond donors (Lipinski definition) is 1. The third kappa shape index (κ3) is 2.74. The zero-order valence-corrected chi connectivity index (χ0v) is 12.2. The van der Waals surface area contributed by atoms with Crippen LogP contribution in [0.5, 0.6) is 0 Å². The van der Waals surface area contributed by atoms with Gasteiger partial charge in [-0.1, -0.05) is 6.07 Å². The van der Waals surface area contributed by atoms with Gasteiger partial charge >= 0.3 is 0 Å². The molecule has 0 saturated carbocycles. The van der Waals surface area contributed by atoms with Crippen molar-refractivity contribution in [1.82, 2.24) is 4.90 Å². The normalized spacial score (nSPS) is 26.5. The van der Waals surface area contributed by atoms with Crippen molar-refractivity contribution in [3.8, 4) is 0 Å². The highest BCUT2D eigenvalue weighted by Crippen LogP contribution is 2.30. The SMILES string of the molecule is CC1CN(c2cccc(F)c2[C@@H](C)N)CC(C)N1C. The molecule has 1 fully saturated rings. The molecule has 1 aliphatic heterocycles. The lowest BCUT2D eigenvalue weighted by atomic mass is 10.0. The second-order valence-corrected chi connectivity index (χ2v) is 5.73. The van der Waals surface area contributed by atoms with Crippen molar-refractivity contribution in [3.05, 3.63) is 29.6 Å². The molecule has 1 aromatic rings. The molecule has 0 aliphatic carbocycles. The van der Waals surface area contributed by atoms with Gasteiger partial charge in [0, 0.05) is 42.5 Å². The summed E-state index contributed by atoms with van der Waals surface area (Å²) < 4.78 is 14.0. The number of benzene rings is 1. The quantitative estimate of drug-likeness (QED) is 0.891. The van der Waals surface area contributed by atoms with E-state index in [1.165, 1.54) is 6.07 Å². The highest BCUT2D eigenvalue weighted by Gasteiger charge is 2.28. The van der Waals surface area contributed by atoms with Crippen LogP contribution in [0.15, 0.2) is 18.2 Å². The number of likely N-dealkylation sites (N-methyl/N-ethyl adjacent to an activating group) is 1. The molecule has 4 heteroatoms. The summed E-state index contributed by atoms with van der Waals surface area (Å²) >= 11 is 0. The molecule has 106 valence electrons. The average molecular weight is 265 g/mol. The second-order valence-electron chi connectivity index (χ2n) is 5.73. The van der Waals surface area contributed by atoms with Crippen LogP contribution in [0.3, 0.4) is 0 Å². The van der Waals surface area contributed by atoms with Crippen LogP contribution in [-0.2, 0) is 0 Å². The number of halogens is 1. The molecular weight excluding hydrogens is 241 g/mol. The molecule has 1 heterocycles. The Kier molecular flexibility index (Phi) is 4.11. The minimum atomic E-state index is -0.290. The summed E-state index contributed by atoms with van der Waals surface area (Å²) in [6, 6.07) is 5.85. The number of anilines is 1. The van der Waals surface area contributed by atoms with Gasteiger partial charge in [0.2, 0.25) is 0 Å². The predicted molar refractivity (Wildman–Crippen MR) is 77.9 cm³/mol. The molecule has 3 atom stereocenters. The molecule has 1 aromatic carbocycles. The smallest absolute Gasteiger partial charge is 0.130 e. The fourth-order valence-corrected chi connectivity index (χ4v) is 2.85. The Morgan fingerprint density at radius 2 is 1.84 bits per heavy atom. The zero-order valence-electron chi connectivity index (χ0n) is 12.2. The minimum Gasteiger partial charge on any atom is -0.368 e. The van der Waals surface area contributed by atoms with Crippen LogP contribution in [-0.4, -0.2) is 37.1 Å². The molecule has 2 N–H and O–H groups in total. The fourth-order valence-electron chi connectivity index (χ4n) is 2.85. The summed E-state index contributed by atoms with van der Waals surface area (Å²) in [7, 11) is 2.14. The lowest BCUT2D eigenvalue weighted by Crippen LogP contribution is -2.55. The van der Waals surface area contributed by atoms with E-state index in [0.717, 1.165) is 18.8 Å². The third-order valence-electron chi connectivity index (χ3n) is 4.19. The maximum absolute atomic E-state index is 14.0. The molecule has 0 bridgehead atoms. The van der Waals surface area contributed by atoms with Crippen molar-refractivity contribution in [2.45, 2.75) is 38.9 Å². The van der Waals surface area contributed by atoms with Gasteiger partial charge in [-0.05, 0) is 40.0 Å². The van der Waals surface area contributed by atoms with Crippen molar-refractivity contribution in [2.75, 3.05) is 25.0 Å². The van der Waals surface area contributed by atoms with Gasteiger partial charge in [-0.3, -0.25) is 4.90 Å². The molecule has 0 amide bonds. The van der Waals surface area contributed by atoms with Gasteiger partial charge in [-0.25, -0.2) is 4.39 Å². The Balaban J connectivity index is 2.35. The summed E-state index contributed by atoms with van der Waals surface area (Å²) in [6.45, 7) is 8.06. The molecule has 0 spiro atoms. The summed E-state index contributed by atoms with van der Waals surface area (Å²) in [4.78, 5) is 4.62. The van der Waals surface area contributed by atoms with Gasteiger partial charge in [-0.15, -0.1) is 0 Å². The predicted octanol–water partition coefficient (Wildman–Crippen LogP) is 2.37. The number of piperazine rings is 1. The summed E-state index contributed by atoms with van der Waals surface area (Å²) in [6.07, 6.45) is 0. The van der Waals surface area contributed by atoms with Crippen LogP contribution in [0.2, 0.25) is 0 Å². The maximum Gasteiger partial charge on any atom is 0.130 e. The number of hydrogen-bond acceptors (Lipinski definition) is 3. The summed E-state index contributed by atoms with van der Waals surface area (Å²) in [5, 5.41) is 0. The average Bonchev–Trinajstić information content (AvgIpc) is 2.34. The van der Waals surface area contributed by atoms with Crippen molar-refractivity contribution in [3.63, 3.8) is 0 Å². The molecule has 1 saturated heterocycles. The van der Waals surface area contributed by atoms with Crippen LogP contribution in [0.4, 0.5) is 10.1 Å². The lowest BCUT2D eigenvalue weighted by molar-refractivity contribution is 0.170. The molecule has 0 aromatic heterocycles. The highest BCUT2D eigenvalue weighted by atomic mass is 19.1. The molecule has 0 radical (unpaired) electrons. The number of nitrogens with zero attached hydrogens (tertiary/aromatic N) is 2. The van der Waals surface area contributed by atoms with Crippen LogP contribution in [0, 0.1) is 5.82 Å². The first-order valence-electron chi connectivity index (χ1n) is 6.92. The van der Waals surface area contributed by atoms with E-state index in [4.69, 9.17) is 5.73 Å². The molecule has 19 heavy (non-hydrogen) atoms. The lowest BCUT2D eigenvalue weighted by Gasteiger charge is -2.44. The van der Waals surface area contributed by atoms with Gasteiger partial charge in [-0.2, -0.15) is 0 Å². The van der Waals surface area contributed by atoms with E-state index in [0.29, 0.717) is 17.6 Å². The first kappa shape index (κ1) is 14.3. The largest absolute Gasteiger partial charge is 0.368 e. The van der Waals surface area contributed by atoms with E-state index in [1.54, 1.807) is 6.07 Å². The Labute approximate surface area is 115 Å². The topological polar surface area (TPSA) is 32.5 Å². The van der Waals surface area contributed by atoms with E-state index in [-0.39, 0.29) is 11.9 Å². The molecule has 1 aliphatic rings. The Bertz CT molecular complexity index is 435. The van der Waals surface area contributed by atoms with Crippen molar-refractivity contribution in [2.24, 2.45) is 5.73 Å². The minimum absolute atomic E-state index is 0.202.